The number of hydrogen-bond acceptors (Lipinski definition) is 6. The highest BCUT2D eigenvalue weighted by atomic mass is 32.2. The van der Waals surface area contributed by atoms with E-state index in [9.17, 15) is 12.8 Å². The molecule has 1 aliphatic rings. The topological polar surface area (TPSA) is 85.5 Å². The lowest BCUT2D eigenvalue weighted by Gasteiger charge is -2.31. The maximum atomic E-state index is 14.0. The van der Waals surface area contributed by atoms with Gasteiger partial charge in [-0.3, -0.25) is 0 Å². The van der Waals surface area contributed by atoms with Gasteiger partial charge in [-0.15, -0.1) is 0 Å². The predicted molar refractivity (Wildman–Crippen MR) is 112 cm³/mol. The molecule has 1 fully saturated rings. The van der Waals surface area contributed by atoms with Crippen molar-refractivity contribution in [1.29, 1.82) is 0 Å². The second kappa shape index (κ2) is 9.15. The molecule has 1 saturated heterocycles. The maximum absolute atomic E-state index is 14.0. The van der Waals surface area contributed by atoms with Gasteiger partial charge in [-0.25, -0.2) is 12.8 Å². The molecular weight excluding hydrogens is 421 g/mol. The van der Waals surface area contributed by atoms with Crippen molar-refractivity contribution in [3.05, 3.63) is 60.2 Å². The molecule has 1 atom stereocenters. The Kier molecular flexibility index (Phi) is 6.33. The number of ether oxygens (including phenoxy) is 1. The Hall–Kier alpha value is -2.78. The molecule has 0 spiro atoms. The van der Waals surface area contributed by atoms with E-state index in [1.165, 1.54) is 10.4 Å². The Morgan fingerprint density at radius 3 is 2.77 bits per heavy atom. The Morgan fingerprint density at radius 1 is 1.19 bits per heavy atom. The molecule has 1 aliphatic heterocycles. The lowest BCUT2D eigenvalue weighted by Crippen LogP contribution is -2.40. The molecule has 0 aliphatic carbocycles. The SMILES string of the molecule is CCOc1ccccc1S(=O)(=O)N1CCC[C@@H](Cc2nc(-c3ccccc3F)no2)C1. The highest BCUT2D eigenvalue weighted by Gasteiger charge is 2.33. The molecule has 4 rings (SSSR count). The van der Waals surface area contributed by atoms with E-state index in [1.54, 1.807) is 42.5 Å². The van der Waals surface area contributed by atoms with Gasteiger partial charge in [0.15, 0.2) is 0 Å². The molecule has 0 unspecified atom stereocenters. The van der Waals surface area contributed by atoms with Gasteiger partial charge in [0.05, 0.1) is 12.2 Å². The molecular formula is C22H24FN3O4S. The van der Waals surface area contributed by atoms with Crippen LogP contribution in [0.4, 0.5) is 4.39 Å². The molecule has 164 valence electrons. The zero-order chi connectivity index (χ0) is 21.8. The fourth-order valence-corrected chi connectivity index (χ4v) is 5.51. The molecule has 1 aromatic heterocycles. The van der Waals surface area contributed by atoms with Gasteiger partial charge in [0.2, 0.25) is 21.7 Å². The average Bonchev–Trinajstić information content (AvgIpc) is 3.23. The van der Waals surface area contributed by atoms with E-state index < -0.39 is 15.8 Å². The number of hydrogen-bond donors (Lipinski definition) is 0. The standard InChI is InChI=1S/C22H24FN3O4S/c1-2-29-19-11-5-6-12-20(19)31(27,28)26-13-7-8-16(15-26)14-21-24-22(25-30-21)17-9-3-4-10-18(17)23/h3-6,9-12,16H,2,7-8,13-15H2,1H3/t16-/m0/s1. The quantitative estimate of drug-likeness (QED) is 0.548. The number of rotatable bonds is 7. The van der Waals surface area contributed by atoms with E-state index in [2.05, 4.69) is 10.1 Å². The number of piperidine rings is 1. The smallest absolute Gasteiger partial charge is 0.246 e. The van der Waals surface area contributed by atoms with Crippen LogP contribution in [0.3, 0.4) is 0 Å². The van der Waals surface area contributed by atoms with Gasteiger partial charge in [-0.2, -0.15) is 9.29 Å². The normalized spacial score (nSPS) is 17.5. The lowest BCUT2D eigenvalue weighted by atomic mass is 9.96. The number of halogens is 1. The van der Waals surface area contributed by atoms with E-state index in [0.29, 0.717) is 37.8 Å². The third-order valence-electron chi connectivity index (χ3n) is 5.29. The first-order chi connectivity index (χ1) is 15.0. The number of aromatic nitrogens is 2. The second-order valence-corrected chi connectivity index (χ2v) is 9.35. The minimum Gasteiger partial charge on any atom is -0.492 e. The zero-order valence-corrected chi connectivity index (χ0v) is 18.0. The van der Waals surface area contributed by atoms with Crippen molar-refractivity contribution in [2.75, 3.05) is 19.7 Å². The van der Waals surface area contributed by atoms with Gasteiger partial charge in [0.25, 0.3) is 0 Å². The summed E-state index contributed by atoms with van der Waals surface area (Å²) in [5, 5.41) is 3.89. The fraction of sp³-hybridized carbons (Fsp3) is 0.364. The maximum Gasteiger partial charge on any atom is 0.246 e. The van der Waals surface area contributed by atoms with Crippen LogP contribution < -0.4 is 4.74 Å². The van der Waals surface area contributed by atoms with Gasteiger partial charge in [-0.1, -0.05) is 29.4 Å². The number of para-hydroxylation sites is 1. The summed E-state index contributed by atoms with van der Waals surface area (Å²) in [4.78, 5) is 4.49. The molecule has 3 aromatic rings. The summed E-state index contributed by atoms with van der Waals surface area (Å²) in [5.41, 5.74) is 0.276. The van der Waals surface area contributed by atoms with Crippen molar-refractivity contribution in [2.45, 2.75) is 31.1 Å². The molecule has 7 nitrogen and oxygen atoms in total. The molecule has 0 radical (unpaired) electrons. The Morgan fingerprint density at radius 2 is 1.97 bits per heavy atom. The van der Waals surface area contributed by atoms with Crippen LogP contribution >= 0.6 is 0 Å². The highest BCUT2D eigenvalue weighted by molar-refractivity contribution is 7.89. The van der Waals surface area contributed by atoms with E-state index in [-0.39, 0.29) is 22.2 Å². The van der Waals surface area contributed by atoms with Gasteiger partial charge >= 0.3 is 0 Å². The summed E-state index contributed by atoms with van der Waals surface area (Å²) in [6.07, 6.45) is 2.01. The zero-order valence-electron chi connectivity index (χ0n) is 17.2. The second-order valence-electron chi connectivity index (χ2n) is 7.45. The van der Waals surface area contributed by atoms with Crippen LogP contribution in [0.25, 0.3) is 11.4 Å². The number of benzene rings is 2. The monoisotopic (exact) mass is 445 g/mol. The summed E-state index contributed by atoms with van der Waals surface area (Å²) < 4.78 is 52.8. The van der Waals surface area contributed by atoms with Crippen LogP contribution in [0.5, 0.6) is 5.75 Å². The van der Waals surface area contributed by atoms with E-state index in [4.69, 9.17) is 9.26 Å². The molecule has 0 amide bonds. The van der Waals surface area contributed by atoms with Crippen LogP contribution in [0.2, 0.25) is 0 Å². The first kappa shape index (κ1) is 21.5. The van der Waals surface area contributed by atoms with Crippen LogP contribution in [-0.4, -0.2) is 42.6 Å². The lowest BCUT2D eigenvalue weighted by molar-refractivity contribution is 0.246. The van der Waals surface area contributed by atoms with Gasteiger partial charge in [0.1, 0.15) is 16.5 Å². The summed E-state index contributed by atoms with van der Waals surface area (Å²) in [5.74, 6) is 0.532. The van der Waals surface area contributed by atoms with Crippen LogP contribution in [0, 0.1) is 11.7 Å². The predicted octanol–water partition coefficient (Wildman–Crippen LogP) is 3.92. The van der Waals surface area contributed by atoms with Gasteiger partial charge in [0, 0.05) is 19.5 Å². The molecule has 0 bridgehead atoms. The van der Waals surface area contributed by atoms with E-state index in [0.717, 1.165) is 12.8 Å². The van der Waals surface area contributed by atoms with Crippen molar-refractivity contribution in [3.63, 3.8) is 0 Å². The molecule has 0 N–H and O–H groups in total. The molecule has 0 saturated carbocycles. The summed E-state index contributed by atoms with van der Waals surface area (Å²) in [6.45, 7) is 3.00. The Balaban J connectivity index is 1.49. The summed E-state index contributed by atoms with van der Waals surface area (Å²) in [7, 11) is -3.69. The highest BCUT2D eigenvalue weighted by Crippen LogP contribution is 2.31. The van der Waals surface area contributed by atoms with Crippen molar-refractivity contribution < 1.29 is 22.1 Å². The first-order valence-electron chi connectivity index (χ1n) is 10.3. The largest absolute Gasteiger partial charge is 0.492 e. The molecule has 31 heavy (non-hydrogen) atoms. The van der Waals surface area contributed by atoms with Crippen molar-refractivity contribution in [2.24, 2.45) is 5.92 Å². The Bertz CT molecular complexity index is 1150. The van der Waals surface area contributed by atoms with Gasteiger partial charge in [-0.05, 0) is 49.9 Å². The van der Waals surface area contributed by atoms with E-state index in [1.807, 2.05) is 6.92 Å². The fourth-order valence-electron chi connectivity index (χ4n) is 3.83. The number of nitrogens with zero attached hydrogens (tertiary/aromatic N) is 3. The minimum absolute atomic E-state index is 0.0247. The third-order valence-corrected chi connectivity index (χ3v) is 7.20. The minimum atomic E-state index is -3.69. The summed E-state index contributed by atoms with van der Waals surface area (Å²) in [6, 6.07) is 12.9. The van der Waals surface area contributed by atoms with Crippen molar-refractivity contribution in [1.82, 2.24) is 14.4 Å². The Labute approximate surface area is 180 Å². The van der Waals surface area contributed by atoms with Gasteiger partial charge < -0.3 is 9.26 Å². The molecule has 2 heterocycles. The average molecular weight is 446 g/mol. The van der Waals surface area contributed by atoms with Crippen molar-refractivity contribution in [3.8, 4) is 17.1 Å². The first-order valence-corrected chi connectivity index (χ1v) is 11.7. The van der Waals surface area contributed by atoms with Crippen LogP contribution in [-0.2, 0) is 16.4 Å². The van der Waals surface area contributed by atoms with E-state index >= 15 is 0 Å². The van der Waals surface area contributed by atoms with Crippen LogP contribution in [0.15, 0.2) is 57.9 Å². The third kappa shape index (κ3) is 4.62. The number of sulfonamides is 1. The summed E-state index contributed by atoms with van der Waals surface area (Å²) >= 11 is 0. The van der Waals surface area contributed by atoms with Crippen LogP contribution in [0.1, 0.15) is 25.7 Å². The molecule has 2 aromatic carbocycles. The van der Waals surface area contributed by atoms with Crippen molar-refractivity contribution >= 4 is 10.0 Å². The molecule has 9 heteroatoms.